The second kappa shape index (κ2) is 6.16. The molecule has 2 heteroatoms. The van der Waals surface area contributed by atoms with Crippen molar-refractivity contribution in [1.82, 2.24) is 0 Å². The summed E-state index contributed by atoms with van der Waals surface area (Å²) in [5, 5.41) is 19.0. The van der Waals surface area contributed by atoms with E-state index in [2.05, 4.69) is 45.0 Å². The molecular formula is C22H30O2. The highest BCUT2D eigenvalue weighted by Crippen LogP contribution is 2.48. The van der Waals surface area contributed by atoms with Gasteiger partial charge in [-0.25, -0.2) is 0 Å². The smallest absolute Gasteiger partial charge is 0.115 e. The number of phenolic OH excluding ortho intramolecular Hbond substituents is 2. The van der Waals surface area contributed by atoms with E-state index in [1.807, 2.05) is 0 Å². The topological polar surface area (TPSA) is 40.5 Å². The van der Waals surface area contributed by atoms with Crippen LogP contribution < -0.4 is 0 Å². The van der Waals surface area contributed by atoms with Gasteiger partial charge in [0, 0.05) is 1.43 Å². The SMILES string of the molecule is CC1(c2ccc(O)cc2)CCC(C(C)(C)c2ccc(O)cc2)CC1.[HH]. The average Bonchev–Trinajstić information content (AvgIpc) is 2.56. The summed E-state index contributed by atoms with van der Waals surface area (Å²) >= 11 is 0. The van der Waals surface area contributed by atoms with Crippen molar-refractivity contribution in [3.05, 3.63) is 59.7 Å². The summed E-state index contributed by atoms with van der Waals surface area (Å²) in [5.74, 6) is 1.31. The molecule has 1 saturated carbocycles. The van der Waals surface area contributed by atoms with E-state index >= 15 is 0 Å². The maximum Gasteiger partial charge on any atom is 0.115 e. The second-order valence-corrected chi connectivity index (χ2v) is 8.15. The quantitative estimate of drug-likeness (QED) is 0.751. The van der Waals surface area contributed by atoms with E-state index < -0.39 is 0 Å². The van der Waals surface area contributed by atoms with Crippen molar-refractivity contribution in [3.63, 3.8) is 0 Å². The highest BCUT2D eigenvalue weighted by molar-refractivity contribution is 5.33. The third-order valence-corrected chi connectivity index (χ3v) is 6.29. The van der Waals surface area contributed by atoms with E-state index in [0.29, 0.717) is 17.4 Å². The molecule has 130 valence electrons. The Morgan fingerprint density at radius 3 is 1.83 bits per heavy atom. The summed E-state index contributed by atoms with van der Waals surface area (Å²) in [6, 6.07) is 15.4. The molecule has 1 aliphatic rings. The highest BCUT2D eigenvalue weighted by atomic mass is 16.3. The van der Waals surface area contributed by atoms with Crippen molar-refractivity contribution >= 4 is 0 Å². The fraction of sp³-hybridized carbons (Fsp3) is 0.455. The van der Waals surface area contributed by atoms with E-state index in [-0.39, 0.29) is 12.3 Å². The molecule has 0 bridgehead atoms. The molecule has 0 radical (unpaired) electrons. The number of aromatic hydroxyl groups is 2. The zero-order valence-corrected chi connectivity index (χ0v) is 14.9. The number of rotatable bonds is 3. The summed E-state index contributed by atoms with van der Waals surface area (Å²) in [6.45, 7) is 7.00. The van der Waals surface area contributed by atoms with Crippen molar-refractivity contribution in [2.75, 3.05) is 0 Å². The van der Waals surface area contributed by atoms with Crippen LogP contribution in [0.15, 0.2) is 48.5 Å². The monoisotopic (exact) mass is 326 g/mol. The summed E-state index contributed by atoms with van der Waals surface area (Å²) in [6.07, 6.45) is 4.74. The molecule has 1 aliphatic carbocycles. The molecule has 2 N–H and O–H groups in total. The standard InChI is InChI=1S/C22H28O2.H2/c1-21(2,16-4-8-19(23)9-5-16)17-12-14-22(3,15-13-17)18-6-10-20(24)11-7-18;/h4-11,17,23-24H,12-15H2,1-3H3;1H. The molecule has 2 aromatic rings. The number of hydrogen-bond donors (Lipinski definition) is 2. The third-order valence-electron chi connectivity index (χ3n) is 6.29. The summed E-state index contributed by atoms with van der Waals surface area (Å²) in [4.78, 5) is 0. The first-order chi connectivity index (χ1) is 11.3. The molecule has 0 atom stereocenters. The van der Waals surface area contributed by atoms with Gasteiger partial charge in [0.25, 0.3) is 0 Å². The largest absolute Gasteiger partial charge is 0.508 e. The first-order valence-electron chi connectivity index (χ1n) is 8.90. The van der Waals surface area contributed by atoms with Gasteiger partial charge in [-0.05, 0) is 77.8 Å². The highest BCUT2D eigenvalue weighted by Gasteiger charge is 2.39. The lowest BCUT2D eigenvalue weighted by Crippen LogP contribution is -2.36. The molecule has 2 nitrogen and oxygen atoms in total. The Bertz CT molecular complexity index is 681. The third kappa shape index (κ3) is 3.15. The predicted octanol–water partition coefficient (Wildman–Crippen LogP) is 5.77. The van der Waals surface area contributed by atoms with Crippen LogP contribution in [-0.2, 0) is 10.8 Å². The lowest BCUT2D eigenvalue weighted by molar-refractivity contribution is 0.178. The van der Waals surface area contributed by atoms with Gasteiger partial charge in [-0.15, -0.1) is 0 Å². The van der Waals surface area contributed by atoms with Crippen LogP contribution in [0.1, 0.15) is 59.0 Å². The van der Waals surface area contributed by atoms with Crippen LogP contribution in [0.25, 0.3) is 0 Å². The van der Waals surface area contributed by atoms with Crippen LogP contribution in [-0.4, -0.2) is 10.2 Å². The van der Waals surface area contributed by atoms with Gasteiger partial charge in [-0.1, -0.05) is 45.0 Å². The molecule has 1 fully saturated rings. The molecule has 0 aromatic heterocycles. The Hall–Kier alpha value is -1.96. The lowest BCUT2D eigenvalue weighted by Gasteiger charge is -2.44. The lowest BCUT2D eigenvalue weighted by atomic mass is 9.60. The number of hydrogen-bond acceptors (Lipinski definition) is 2. The molecule has 0 heterocycles. The van der Waals surface area contributed by atoms with Crippen molar-refractivity contribution in [1.29, 1.82) is 0 Å². The Kier molecular flexibility index (Phi) is 4.33. The van der Waals surface area contributed by atoms with E-state index in [4.69, 9.17) is 0 Å². The van der Waals surface area contributed by atoms with E-state index in [1.165, 1.54) is 36.8 Å². The summed E-state index contributed by atoms with van der Waals surface area (Å²) in [7, 11) is 0. The Balaban J connectivity index is 0.00000225. The zero-order chi connectivity index (χ0) is 17.4. The first-order valence-corrected chi connectivity index (χ1v) is 8.90. The molecule has 3 rings (SSSR count). The molecule has 0 saturated heterocycles. The maximum atomic E-state index is 9.53. The minimum atomic E-state index is 0. The minimum Gasteiger partial charge on any atom is -0.508 e. The zero-order valence-electron chi connectivity index (χ0n) is 14.9. The number of phenols is 2. The molecule has 0 spiro atoms. The molecule has 2 aromatic carbocycles. The van der Waals surface area contributed by atoms with Crippen LogP contribution in [0.4, 0.5) is 0 Å². The van der Waals surface area contributed by atoms with E-state index in [9.17, 15) is 10.2 Å². The molecule has 24 heavy (non-hydrogen) atoms. The van der Waals surface area contributed by atoms with Crippen LogP contribution in [0.5, 0.6) is 11.5 Å². The Labute approximate surface area is 146 Å². The van der Waals surface area contributed by atoms with E-state index in [0.717, 1.165) is 0 Å². The fourth-order valence-electron chi connectivity index (χ4n) is 4.26. The molecule has 0 aliphatic heterocycles. The summed E-state index contributed by atoms with van der Waals surface area (Å²) in [5.41, 5.74) is 2.96. The Morgan fingerprint density at radius 2 is 1.33 bits per heavy atom. The van der Waals surface area contributed by atoms with Gasteiger partial charge in [-0.3, -0.25) is 0 Å². The van der Waals surface area contributed by atoms with Crippen molar-refractivity contribution in [3.8, 4) is 11.5 Å². The normalized spacial score (nSPS) is 24.7. The van der Waals surface area contributed by atoms with Crippen LogP contribution in [0, 0.1) is 5.92 Å². The van der Waals surface area contributed by atoms with Crippen LogP contribution >= 0.6 is 0 Å². The van der Waals surface area contributed by atoms with Crippen molar-refractivity contribution < 1.29 is 11.6 Å². The van der Waals surface area contributed by atoms with Gasteiger partial charge >= 0.3 is 0 Å². The maximum absolute atomic E-state index is 9.53. The van der Waals surface area contributed by atoms with Gasteiger partial charge in [0.1, 0.15) is 11.5 Å². The van der Waals surface area contributed by atoms with Crippen molar-refractivity contribution in [2.45, 2.75) is 57.3 Å². The molecular weight excluding hydrogens is 296 g/mol. The fourth-order valence-corrected chi connectivity index (χ4v) is 4.26. The minimum absolute atomic E-state index is 0. The summed E-state index contributed by atoms with van der Waals surface area (Å²) < 4.78 is 0. The van der Waals surface area contributed by atoms with Gasteiger partial charge in [0.15, 0.2) is 0 Å². The molecule has 0 unspecified atom stereocenters. The van der Waals surface area contributed by atoms with Crippen LogP contribution in [0.2, 0.25) is 0 Å². The first kappa shape index (κ1) is 16.9. The average molecular weight is 326 g/mol. The number of benzene rings is 2. The van der Waals surface area contributed by atoms with Gasteiger partial charge < -0.3 is 10.2 Å². The van der Waals surface area contributed by atoms with Crippen molar-refractivity contribution in [2.24, 2.45) is 5.92 Å². The van der Waals surface area contributed by atoms with Gasteiger partial charge in [-0.2, -0.15) is 0 Å². The Morgan fingerprint density at radius 1 is 0.875 bits per heavy atom. The second-order valence-electron chi connectivity index (χ2n) is 8.15. The molecule has 0 amide bonds. The van der Waals surface area contributed by atoms with Gasteiger partial charge in [0.2, 0.25) is 0 Å². The van der Waals surface area contributed by atoms with Gasteiger partial charge in [0.05, 0.1) is 0 Å². The predicted molar refractivity (Wildman–Crippen MR) is 101 cm³/mol. The van der Waals surface area contributed by atoms with Crippen LogP contribution in [0.3, 0.4) is 0 Å². The van der Waals surface area contributed by atoms with E-state index in [1.54, 1.807) is 24.3 Å².